The van der Waals surface area contributed by atoms with E-state index in [4.69, 9.17) is 15.0 Å². The summed E-state index contributed by atoms with van der Waals surface area (Å²) in [4.78, 5) is 5.41. The van der Waals surface area contributed by atoms with Crippen molar-refractivity contribution < 1.29 is 9.26 Å². The van der Waals surface area contributed by atoms with Gasteiger partial charge in [-0.2, -0.15) is 4.98 Å². The first kappa shape index (κ1) is 14.7. The van der Waals surface area contributed by atoms with Crippen molar-refractivity contribution in [3.05, 3.63) is 29.9 Å². The molecule has 0 saturated heterocycles. The summed E-state index contributed by atoms with van der Waals surface area (Å²) in [5, 5.41) is 4.00. The van der Waals surface area contributed by atoms with E-state index in [-0.39, 0.29) is 5.41 Å². The van der Waals surface area contributed by atoms with Crippen molar-refractivity contribution in [2.75, 3.05) is 12.8 Å². The molecule has 20 heavy (non-hydrogen) atoms. The maximum absolute atomic E-state index is 5.73. The van der Waals surface area contributed by atoms with Gasteiger partial charge in [0.2, 0.25) is 5.89 Å². The zero-order valence-electron chi connectivity index (χ0n) is 12.1. The second-order valence-electron chi connectivity index (χ2n) is 5.46. The van der Waals surface area contributed by atoms with Crippen LogP contribution in [0.3, 0.4) is 0 Å². The Morgan fingerprint density at radius 2 is 2.10 bits per heavy atom. The number of anilines is 1. The lowest BCUT2D eigenvalue weighted by atomic mass is 9.97. The Morgan fingerprint density at radius 1 is 1.35 bits per heavy atom. The van der Waals surface area contributed by atoms with Crippen molar-refractivity contribution in [1.82, 2.24) is 10.1 Å². The van der Waals surface area contributed by atoms with E-state index in [2.05, 4.69) is 10.1 Å². The molecule has 0 unspecified atom stereocenters. The smallest absolute Gasteiger partial charge is 0.232 e. The third kappa shape index (κ3) is 3.45. The molecule has 108 valence electrons. The fourth-order valence-electron chi connectivity index (χ4n) is 1.56. The number of benzene rings is 1. The number of nitrogens with two attached hydrogens (primary N) is 1. The molecule has 0 fully saturated rings. The number of nitrogen functional groups attached to an aromatic ring is 1. The zero-order valence-corrected chi connectivity index (χ0v) is 13.0. The van der Waals surface area contributed by atoms with Crippen molar-refractivity contribution >= 4 is 17.4 Å². The molecule has 2 aromatic rings. The number of aromatic nitrogens is 2. The fourth-order valence-corrected chi connectivity index (χ4v) is 2.41. The minimum absolute atomic E-state index is 0.130. The Bertz CT molecular complexity index is 590. The number of hydrogen-bond donors (Lipinski definition) is 1. The third-order valence-electron chi connectivity index (χ3n) is 2.65. The van der Waals surface area contributed by atoms with E-state index < -0.39 is 0 Å². The van der Waals surface area contributed by atoms with Gasteiger partial charge in [-0.05, 0) is 12.1 Å². The standard InChI is InChI=1S/C14H19N3O2S/c1-14(2,3)13-16-12(17-19-13)8-20-11-6-5-9(15)7-10(11)18-4/h5-7H,8,15H2,1-4H3. The molecule has 0 spiro atoms. The predicted molar refractivity (Wildman–Crippen MR) is 80.0 cm³/mol. The Kier molecular flexibility index (Phi) is 4.23. The molecule has 0 saturated carbocycles. The molecular formula is C14H19N3O2S. The molecule has 1 heterocycles. The molecule has 1 aromatic heterocycles. The molecule has 0 aliphatic heterocycles. The second-order valence-corrected chi connectivity index (χ2v) is 6.48. The van der Waals surface area contributed by atoms with Gasteiger partial charge in [0, 0.05) is 22.1 Å². The molecule has 0 atom stereocenters. The SMILES string of the molecule is COc1cc(N)ccc1SCc1noc(C(C)(C)C)n1. The zero-order chi connectivity index (χ0) is 14.8. The predicted octanol–water partition coefficient (Wildman–Crippen LogP) is 3.25. The summed E-state index contributed by atoms with van der Waals surface area (Å²) in [7, 11) is 1.63. The van der Waals surface area contributed by atoms with Crippen LogP contribution in [0.5, 0.6) is 5.75 Å². The molecule has 5 nitrogen and oxygen atoms in total. The lowest BCUT2D eigenvalue weighted by Gasteiger charge is -2.10. The molecule has 2 N–H and O–H groups in total. The number of rotatable bonds is 4. The first-order valence-electron chi connectivity index (χ1n) is 6.29. The van der Waals surface area contributed by atoms with Gasteiger partial charge in [-0.15, -0.1) is 11.8 Å². The summed E-state index contributed by atoms with van der Waals surface area (Å²) in [5.74, 6) is 2.71. The van der Waals surface area contributed by atoms with Crippen LogP contribution in [0.1, 0.15) is 32.5 Å². The minimum atomic E-state index is -0.130. The van der Waals surface area contributed by atoms with E-state index in [0.29, 0.717) is 23.2 Å². The number of nitrogens with zero attached hydrogens (tertiary/aromatic N) is 2. The van der Waals surface area contributed by atoms with Gasteiger partial charge in [-0.25, -0.2) is 0 Å². The summed E-state index contributed by atoms with van der Waals surface area (Å²) in [6, 6.07) is 5.59. The first-order chi connectivity index (χ1) is 9.40. The third-order valence-corrected chi connectivity index (χ3v) is 3.70. The Hall–Kier alpha value is -1.69. The normalized spacial score (nSPS) is 11.6. The van der Waals surface area contributed by atoms with Crippen LogP contribution in [0.4, 0.5) is 5.69 Å². The first-order valence-corrected chi connectivity index (χ1v) is 7.28. The van der Waals surface area contributed by atoms with E-state index in [9.17, 15) is 0 Å². The molecule has 0 aliphatic carbocycles. The molecule has 0 radical (unpaired) electrons. The molecule has 1 aromatic carbocycles. The van der Waals surface area contributed by atoms with Gasteiger partial charge in [-0.3, -0.25) is 0 Å². The van der Waals surface area contributed by atoms with Gasteiger partial charge in [-0.1, -0.05) is 25.9 Å². The van der Waals surface area contributed by atoms with Crippen LogP contribution in [0.25, 0.3) is 0 Å². The van der Waals surface area contributed by atoms with E-state index in [1.165, 1.54) is 0 Å². The number of thioether (sulfide) groups is 1. The van der Waals surface area contributed by atoms with Gasteiger partial charge < -0.3 is 15.0 Å². The van der Waals surface area contributed by atoms with Gasteiger partial charge in [0.1, 0.15) is 5.75 Å². The summed E-state index contributed by atoms with van der Waals surface area (Å²) in [5.41, 5.74) is 6.28. The summed E-state index contributed by atoms with van der Waals surface area (Å²) < 4.78 is 10.6. The number of methoxy groups -OCH3 is 1. The van der Waals surface area contributed by atoms with Gasteiger partial charge in [0.15, 0.2) is 5.82 Å². The number of ether oxygens (including phenoxy) is 1. The van der Waals surface area contributed by atoms with Gasteiger partial charge in [0.05, 0.1) is 12.9 Å². The Labute approximate surface area is 122 Å². The molecule has 2 rings (SSSR count). The summed E-state index contributed by atoms with van der Waals surface area (Å²) in [6.45, 7) is 6.13. The highest BCUT2D eigenvalue weighted by atomic mass is 32.2. The van der Waals surface area contributed by atoms with E-state index in [1.807, 2.05) is 32.9 Å². The topological polar surface area (TPSA) is 74.2 Å². The molecule has 0 aliphatic rings. The Morgan fingerprint density at radius 3 is 2.70 bits per heavy atom. The van der Waals surface area contributed by atoms with E-state index in [0.717, 1.165) is 10.6 Å². The second kappa shape index (κ2) is 5.75. The lowest BCUT2D eigenvalue weighted by molar-refractivity contribution is 0.319. The largest absolute Gasteiger partial charge is 0.496 e. The highest BCUT2D eigenvalue weighted by molar-refractivity contribution is 7.98. The van der Waals surface area contributed by atoms with Crippen LogP contribution in [-0.4, -0.2) is 17.3 Å². The molecular weight excluding hydrogens is 274 g/mol. The quantitative estimate of drug-likeness (QED) is 0.689. The van der Waals surface area contributed by atoms with Crippen LogP contribution >= 0.6 is 11.8 Å². The lowest BCUT2D eigenvalue weighted by Crippen LogP contribution is -2.11. The average molecular weight is 293 g/mol. The van der Waals surface area contributed by atoms with Crippen LogP contribution in [-0.2, 0) is 11.2 Å². The average Bonchev–Trinajstić information content (AvgIpc) is 2.86. The summed E-state index contributed by atoms with van der Waals surface area (Å²) in [6.07, 6.45) is 0. The highest BCUT2D eigenvalue weighted by Gasteiger charge is 2.21. The van der Waals surface area contributed by atoms with Crippen LogP contribution in [0.2, 0.25) is 0 Å². The fraction of sp³-hybridized carbons (Fsp3) is 0.429. The van der Waals surface area contributed by atoms with Gasteiger partial charge in [0.25, 0.3) is 0 Å². The van der Waals surface area contributed by atoms with Crippen LogP contribution in [0, 0.1) is 0 Å². The minimum Gasteiger partial charge on any atom is -0.496 e. The monoisotopic (exact) mass is 293 g/mol. The maximum Gasteiger partial charge on any atom is 0.232 e. The van der Waals surface area contributed by atoms with Crippen molar-refractivity contribution in [3.63, 3.8) is 0 Å². The maximum atomic E-state index is 5.73. The van der Waals surface area contributed by atoms with Crippen LogP contribution < -0.4 is 10.5 Å². The van der Waals surface area contributed by atoms with E-state index >= 15 is 0 Å². The number of hydrogen-bond acceptors (Lipinski definition) is 6. The molecule has 6 heteroatoms. The van der Waals surface area contributed by atoms with Gasteiger partial charge >= 0.3 is 0 Å². The molecule has 0 bridgehead atoms. The van der Waals surface area contributed by atoms with Crippen LogP contribution in [0.15, 0.2) is 27.6 Å². The Balaban J connectivity index is 2.07. The summed E-state index contributed by atoms with van der Waals surface area (Å²) >= 11 is 1.59. The van der Waals surface area contributed by atoms with Crippen molar-refractivity contribution in [3.8, 4) is 5.75 Å². The van der Waals surface area contributed by atoms with Crippen molar-refractivity contribution in [1.29, 1.82) is 0 Å². The van der Waals surface area contributed by atoms with E-state index in [1.54, 1.807) is 24.9 Å². The highest BCUT2D eigenvalue weighted by Crippen LogP contribution is 2.33. The van der Waals surface area contributed by atoms with Crippen molar-refractivity contribution in [2.24, 2.45) is 0 Å². The van der Waals surface area contributed by atoms with Crippen molar-refractivity contribution in [2.45, 2.75) is 36.8 Å². The molecule has 0 amide bonds.